The van der Waals surface area contributed by atoms with E-state index in [-0.39, 0.29) is 23.8 Å². The molecule has 3 aromatic carbocycles. The summed E-state index contributed by atoms with van der Waals surface area (Å²) in [6, 6.07) is 25.0. The molecule has 1 aromatic heterocycles. The van der Waals surface area contributed by atoms with Crippen molar-refractivity contribution in [2.24, 2.45) is 0 Å². The molecule has 6 nitrogen and oxygen atoms in total. The number of aliphatic hydroxyl groups excluding tert-OH is 1. The van der Waals surface area contributed by atoms with Crippen LogP contribution in [0.3, 0.4) is 0 Å². The van der Waals surface area contributed by atoms with Gasteiger partial charge in [0.25, 0.3) is 0 Å². The average molecular weight is 423 g/mol. The number of hydrogen-bond acceptors (Lipinski definition) is 5. The number of imidazole rings is 1. The minimum atomic E-state index is -3.57. The maximum Gasteiger partial charge on any atom is 0.185 e. The summed E-state index contributed by atoms with van der Waals surface area (Å²) in [4.78, 5) is 4.77. The number of rotatable bonds is 8. The lowest BCUT2D eigenvalue weighted by molar-refractivity contribution is 0.0928. The van der Waals surface area contributed by atoms with Gasteiger partial charge in [0.1, 0.15) is 30.0 Å². The second-order valence-electron chi connectivity index (χ2n) is 6.98. The highest BCUT2D eigenvalue weighted by Crippen LogP contribution is 2.21. The molecule has 1 heterocycles. The second kappa shape index (κ2) is 8.69. The third-order valence-corrected chi connectivity index (χ3v) is 6.36. The molecule has 0 aliphatic rings. The number of sulfone groups is 1. The third kappa shape index (κ3) is 4.53. The summed E-state index contributed by atoms with van der Waals surface area (Å²) >= 11 is 0. The average Bonchev–Trinajstić information content (AvgIpc) is 3.10. The van der Waals surface area contributed by atoms with E-state index in [1.54, 1.807) is 34.9 Å². The number of hydrogen-bond donors (Lipinski definition) is 1. The van der Waals surface area contributed by atoms with Crippen LogP contribution in [0.5, 0.6) is 5.75 Å². The normalized spacial score (nSPS) is 12.7. The molecular weight excluding hydrogens is 400 g/mol. The summed E-state index contributed by atoms with van der Waals surface area (Å²) in [7, 11) is -3.57. The van der Waals surface area contributed by atoms with Gasteiger partial charge in [-0.3, -0.25) is 0 Å². The van der Waals surface area contributed by atoms with Crippen molar-refractivity contribution in [3.63, 3.8) is 0 Å². The summed E-state index contributed by atoms with van der Waals surface area (Å²) in [6.45, 7) is 0.258. The van der Waals surface area contributed by atoms with E-state index in [9.17, 15) is 13.5 Å². The fraction of sp³-hybridized carbons (Fsp3) is 0.174. The van der Waals surface area contributed by atoms with E-state index in [0.717, 1.165) is 5.52 Å². The van der Waals surface area contributed by atoms with E-state index < -0.39 is 15.9 Å². The van der Waals surface area contributed by atoms with Crippen LogP contribution in [0, 0.1) is 0 Å². The van der Waals surface area contributed by atoms with Crippen LogP contribution >= 0.6 is 0 Å². The zero-order valence-corrected chi connectivity index (χ0v) is 17.1. The van der Waals surface area contributed by atoms with Crippen LogP contribution in [-0.4, -0.2) is 35.8 Å². The molecule has 0 saturated heterocycles. The molecular formula is C23H22N2O4S. The molecule has 30 heavy (non-hydrogen) atoms. The highest BCUT2D eigenvalue weighted by Gasteiger charge is 2.22. The number of aromatic nitrogens is 2. The minimum Gasteiger partial charge on any atom is -0.491 e. The molecule has 0 amide bonds. The van der Waals surface area contributed by atoms with Gasteiger partial charge in [-0.2, -0.15) is 0 Å². The van der Waals surface area contributed by atoms with E-state index in [2.05, 4.69) is 4.98 Å². The largest absolute Gasteiger partial charge is 0.491 e. The number of benzene rings is 3. The SMILES string of the molecule is O=S(=O)(Cc1nc2ccccc2n1C[C@H](O)COc1ccccc1)c1ccccc1. The lowest BCUT2D eigenvalue weighted by atomic mass is 10.3. The molecule has 4 rings (SSSR count). The number of ether oxygens (including phenoxy) is 1. The van der Waals surface area contributed by atoms with Crippen molar-refractivity contribution in [2.45, 2.75) is 23.3 Å². The van der Waals surface area contributed by atoms with Gasteiger partial charge in [-0.05, 0) is 36.4 Å². The monoisotopic (exact) mass is 422 g/mol. The first-order valence-electron chi connectivity index (χ1n) is 9.61. The predicted molar refractivity (Wildman–Crippen MR) is 115 cm³/mol. The van der Waals surface area contributed by atoms with Crippen molar-refractivity contribution in [3.8, 4) is 5.75 Å². The smallest absolute Gasteiger partial charge is 0.185 e. The molecule has 1 atom stereocenters. The van der Waals surface area contributed by atoms with Crippen LogP contribution < -0.4 is 4.74 Å². The summed E-state index contributed by atoms with van der Waals surface area (Å²) < 4.78 is 33.2. The fourth-order valence-electron chi connectivity index (χ4n) is 3.29. The molecule has 0 radical (unpaired) electrons. The van der Waals surface area contributed by atoms with E-state index in [4.69, 9.17) is 4.74 Å². The van der Waals surface area contributed by atoms with Gasteiger partial charge in [0.05, 0.1) is 22.5 Å². The Hall–Kier alpha value is -3.16. The number of para-hydroxylation sites is 3. The van der Waals surface area contributed by atoms with Gasteiger partial charge in [0.2, 0.25) is 0 Å². The minimum absolute atomic E-state index is 0.0847. The van der Waals surface area contributed by atoms with E-state index in [1.165, 1.54) is 0 Å². The molecule has 0 bridgehead atoms. The van der Waals surface area contributed by atoms with Crippen molar-refractivity contribution < 1.29 is 18.3 Å². The van der Waals surface area contributed by atoms with Gasteiger partial charge in [-0.1, -0.05) is 48.5 Å². The Bertz CT molecular complexity index is 1220. The number of fused-ring (bicyclic) bond motifs is 1. The molecule has 7 heteroatoms. The molecule has 0 saturated carbocycles. The van der Waals surface area contributed by atoms with Crippen LogP contribution in [0.4, 0.5) is 0 Å². The maximum absolute atomic E-state index is 12.9. The number of aliphatic hydroxyl groups is 1. The molecule has 0 unspecified atom stereocenters. The van der Waals surface area contributed by atoms with Crippen LogP contribution in [0.2, 0.25) is 0 Å². The first kappa shape index (κ1) is 20.1. The van der Waals surface area contributed by atoms with Crippen LogP contribution in [0.1, 0.15) is 5.82 Å². The van der Waals surface area contributed by atoms with Crippen molar-refractivity contribution in [2.75, 3.05) is 6.61 Å². The first-order valence-corrected chi connectivity index (χ1v) is 11.3. The molecule has 0 spiro atoms. The maximum atomic E-state index is 12.9. The van der Waals surface area contributed by atoms with Gasteiger partial charge in [0.15, 0.2) is 9.84 Å². The van der Waals surface area contributed by atoms with Gasteiger partial charge in [-0.25, -0.2) is 13.4 Å². The molecule has 4 aromatic rings. The second-order valence-corrected chi connectivity index (χ2v) is 8.97. The Labute approximate surface area is 175 Å². The Morgan fingerprint density at radius 1 is 0.900 bits per heavy atom. The topological polar surface area (TPSA) is 81.4 Å². The first-order chi connectivity index (χ1) is 14.5. The Balaban J connectivity index is 1.59. The van der Waals surface area contributed by atoms with E-state index >= 15 is 0 Å². The van der Waals surface area contributed by atoms with Gasteiger partial charge in [-0.15, -0.1) is 0 Å². The van der Waals surface area contributed by atoms with Crippen LogP contribution in [0.15, 0.2) is 89.8 Å². The highest BCUT2D eigenvalue weighted by atomic mass is 32.2. The highest BCUT2D eigenvalue weighted by molar-refractivity contribution is 7.90. The number of nitrogens with zero attached hydrogens (tertiary/aromatic N) is 2. The summed E-state index contributed by atoms with van der Waals surface area (Å²) in [6.07, 6.45) is -0.832. The van der Waals surface area contributed by atoms with Gasteiger partial charge in [0, 0.05) is 0 Å². The van der Waals surface area contributed by atoms with Crippen molar-refractivity contribution in [1.82, 2.24) is 9.55 Å². The molecule has 0 aliphatic heterocycles. The van der Waals surface area contributed by atoms with Crippen molar-refractivity contribution in [3.05, 3.63) is 90.8 Å². The molecule has 154 valence electrons. The van der Waals surface area contributed by atoms with Crippen molar-refractivity contribution in [1.29, 1.82) is 0 Å². The lowest BCUT2D eigenvalue weighted by Gasteiger charge is -2.16. The predicted octanol–water partition coefficient (Wildman–Crippen LogP) is 3.45. The summed E-state index contributed by atoms with van der Waals surface area (Å²) in [5.41, 5.74) is 1.46. The van der Waals surface area contributed by atoms with Crippen LogP contribution in [-0.2, 0) is 22.1 Å². The molecule has 0 fully saturated rings. The summed E-state index contributed by atoms with van der Waals surface area (Å²) in [5.74, 6) is 0.801. The molecule has 0 aliphatic carbocycles. The van der Waals surface area contributed by atoms with Gasteiger partial charge >= 0.3 is 0 Å². The Morgan fingerprint density at radius 2 is 1.53 bits per heavy atom. The van der Waals surface area contributed by atoms with Gasteiger partial charge < -0.3 is 14.4 Å². The van der Waals surface area contributed by atoms with Crippen LogP contribution in [0.25, 0.3) is 11.0 Å². The van der Waals surface area contributed by atoms with Crippen molar-refractivity contribution >= 4 is 20.9 Å². The third-order valence-electron chi connectivity index (χ3n) is 4.73. The van der Waals surface area contributed by atoms with E-state index in [1.807, 2.05) is 54.6 Å². The Morgan fingerprint density at radius 3 is 2.27 bits per heavy atom. The Kier molecular flexibility index (Phi) is 5.83. The quantitative estimate of drug-likeness (QED) is 0.470. The fourth-order valence-corrected chi connectivity index (χ4v) is 4.59. The standard InChI is InChI=1S/C23H22N2O4S/c26-18(16-29-19-9-3-1-4-10-19)15-25-22-14-8-7-13-21(22)24-23(25)17-30(27,28)20-11-5-2-6-12-20/h1-14,18,26H,15-17H2/t18-/m0/s1. The zero-order valence-electron chi connectivity index (χ0n) is 16.3. The van der Waals surface area contributed by atoms with E-state index in [0.29, 0.717) is 17.1 Å². The molecule has 1 N–H and O–H groups in total. The lowest BCUT2D eigenvalue weighted by Crippen LogP contribution is -2.25. The summed E-state index contributed by atoms with van der Waals surface area (Å²) in [5, 5.41) is 10.6. The zero-order chi connectivity index (χ0) is 21.0.